The molecule has 0 fully saturated rings. The maximum atomic E-state index is 13.5. The Kier molecular flexibility index (Phi) is 14.8. The van der Waals surface area contributed by atoms with Crippen molar-refractivity contribution >= 4 is 47.1 Å². The van der Waals surface area contributed by atoms with Gasteiger partial charge >= 0.3 is 29.5 Å². The third kappa shape index (κ3) is 9.60. The number of aromatic carboxylic acids is 2. The second-order valence-corrected chi connectivity index (χ2v) is 16.0. The van der Waals surface area contributed by atoms with Crippen LogP contribution in [0.2, 0.25) is 12.1 Å². The van der Waals surface area contributed by atoms with Gasteiger partial charge in [-0.05, 0) is 37.1 Å². The molecular formula is C29H40N2O13Si2. The van der Waals surface area contributed by atoms with Crippen LogP contribution >= 0.6 is 0 Å². The van der Waals surface area contributed by atoms with E-state index in [0.717, 1.165) is 24.3 Å². The Hall–Kier alpha value is -3.82. The molecule has 2 amide bonds. The molecule has 2 aromatic carbocycles. The van der Waals surface area contributed by atoms with Gasteiger partial charge in [-0.1, -0.05) is 12.1 Å². The predicted molar refractivity (Wildman–Crippen MR) is 167 cm³/mol. The van der Waals surface area contributed by atoms with Gasteiger partial charge in [-0.15, -0.1) is 0 Å². The summed E-state index contributed by atoms with van der Waals surface area (Å²) in [5.74, 6) is -4.87. The van der Waals surface area contributed by atoms with Crippen molar-refractivity contribution in [3.05, 3.63) is 69.8 Å². The zero-order chi connectivity index (χ0) is 34.5. The monoisotopic (exact) mass is 680 g/mol. The van der Waals surface area contributed by atoms with Crippen LogP contribution in [-0.4, -0.2) is 113 Å². The van der Waals surface area contributed by atoms with E-state index in [1.165, 1.54) is 54.8 Å². The van der Waals surface area contributed by atoms with E-state index in [-0.39, 0.29) is 46.5 Å². The van der Waals surface area contributed by atoms with Gasteiger partial charge in [0.25, 0.3) is 11.8 Å². The Bertz CT molecular complexity index is 1290. The van der Waals surface area contributed by atoms with Crippen LogP contribution < -0.4 is 10.6 Å². The molecule has 0 saturated carbocycles. The number of amides is 2. The molecule has 0 radical (unpaired) electrons. The van der Waals surface area contributed by atoms with E-state index in [2.05, 4.69) is 10.6 Å². The Morgan fingerprint density at radius 2 is 0.891 bits per heavy atom. The Morgan fingerprint density at radius 1 is 0.565 bits per heavy atom. The molecule has 0 heterocycles. The molecule has 0 aliphatic carbocycles. The predicted octanol–water partition coefficient (Wildman–Crippen LogP) is 2.31. The van der Waals surface area contributed by atoms with E-state index in [1.54, 1.807) is 0 Å². The summed E-state index contributed by atoms with van der Waals surface area (Å²) in [5, 5.41) is 24.6. The molecule has 0 aliphatic rings. The fourth-order valence-electron chi connectivity index (χ4n) is 4.60. The van der Waals surface area contributed by atoms with Gasteiger partial charge in [-0.2, -0.15) is 0 Å². The van der Waals surface area contributed by atoms with E-state index in [0.29, 0.717) is 24.9 Å². The van der Waals surface area contributed by atoms with Gasteiger partial charge in [0.2, 0.25) is 0 Å². The number of carboxylic acid groups (broad SMARTS) is 2. The minimum atomic E-state index is -2.87. The number of nitrogens with one attached hydrogen (secondary N) is 2. The molecule has 2 rings (SSSR count). The summed E-state index contributed by atoms with van der Waals surface area (Å²) < 4.78 is 32.1. The number of carbonyl (C=O) groups is 5. The van der Waals surface area contributed by atoms with Crippen molar-refractivity contribution < 1.29 is 60.7 Å². The maximum absolute atomic E-state index is 13.5. The number of carboxylic acids is 2. The van der Waals surface area contributed by atoms with Crippen LogP contribution in [0.15, 0.2) is 36.4 Å². The molecule has 0 saturated heterocycles. The maximum Gasteiger partial charge on any atom is 0.500 e. The first kappa shape index (κ1) is 38.4. The Labute approximate surface area is 268 Å². The van der Waals surface area contributed by atoms with Crippen LogP contribution in [0.3, 0.4) is 0 Å². The van der Waals surface area contributed by atoms with E-state index < -0.39 is 47.1 Å². The summed E-state index contributed by atoms with van der Waals surface area (Å²) in [6.45, 7) is 0.281. The van der Waals surface area contributed by atoms with E-state index in [1.807, 2.05) is 0 Å². The van der Waals surface area contributed by atoms with Gasteiger partial charge in [0.05, 0.1) is 22.3 Å². The molecule has 17 heteroatoms. The molecule has 15 nitrogen and oxygen atoms in total. The van der Waals surface area contributed by atoms with Gasteiger partial charge in [0.15, 0.2) is 5.78 Å². The van der Waals surface area contributed by atoms with Crippen molar-refractivity contribution in [2.24, 2.45) is 0 Å². The first-order chi connectivity index (χ1) is 21.9. The highest BCUT2D eigenvalue weighted by Crippen LogP contribution is 2.21. The van der Waals surface area contributed by atoms with Crippen molar-refractivity contribution in [2.75, 3.05) is 55.7 Å². The van der Waals surface area contributed by atoms with E-state index >= 15 is 0 Å². The van der Waals surface area contributed by atoms with Crippen molar-refractivity contribution in [3.8, 4) is 0 Å². The smallest absolute Gasteiger partial charge is 0.478 e. The summed E-state index contributed by atoms with van der Waals surface area (Å²) in [6, 6.07) is 7.79. The number of carbonyl (C=O) groups excluding carboxylic acids is 3. The molecule has 0 spiro atoms. The van der Waals surface area contributed by atoms with E-state index in [4.69, 9.17) is 26.6 Å². The van der Waals surface area contributed by atoms with Crippen LogP contribution in [0.4, 0.5) is 0 Å². The van der Waals surface area contributed by atoms with Gasteiger partial charge in [0.1, 0.15) is 0 Å². The zero-order valence-electron chi connectivity index (χ0n) is 26.6. The number of hydrogen-bond acceptors (Lipinski definition) is 11. The third-order valence-electron chi connectivity index (χ3n) is 7.27. The number of hydrogen-bond donors (Lipinski definition) is 4. The second-order valence-electron chi connectivity index (χ2n) is 9.77. The molecule has 0 aliphatic heterocycles. The van der Waals surface area contributed by atoms with Gasteiger partial charge in [0, 0.05) is 79.0 Å². The van der Waals surface area contributed by atoms with Crippen LogP contribution in [0.25, 0.3) is 0 Å². The molecule has 0 atom stereocenters. The van der Waals surface area contributed by atoms with Crippen molar-refractivity contribution in [3.63, 3.8) is 0 Å². The van der Waals surface area contributed by atoms with Crippen LogP contribution in [-0.2, 0) is 26.6 Å². The second kappa shape index (κ2) is 17.8. The third-order valence-corrected chi connectivity index (χ3v) is 12.9. The summed E-state index contributed by atoms with van der Waals surface area (Å²) in [7, 11) is 3.03. The normalized spacial score (nSPS) is 11.6. The van der Waals surface area contributed by atoms with Crippen molar-refractivity contribution in [1.29, 1.82) is 0 Å². The van der Waals surface area contributed by atoms with Gasteiger partial charge < -0.3 is 47.4 Å². The lowest BCUT2D eigenvalue weighted by Gasteiger charge is -2.24. The van der Waals surface area contributed by atoms with Crippen molar-refractivity contribution in [2.45, 2.75) is 24.9 Å². The van der Waals surface area contributed by atoms with Gasteiger partial charge in [-0.3, -0.25) is 14.4 Å². The highest BCUT2D eigenvalue weighted by Gasteiger charge is 2.37. The van der Waals surface area contributed by atoms with Crippen molar-refractivity contribution in [1.82, 2.24) is 10.6 Å². The van der Waals surface area contributed by atoms with Gasteiger partial charge in [-0.25, -0.2) is 9.59 Å². The van der Waals surface area contributed by atoms with E-state index in [9.17, 15) is 34.2 Å². The molecule has 2 aromatic rings. The minimum Gasteiger partial charge on any atom is -0.478 e. The topological polar surface area (TPSA) is 205 Å². The Morgan fingerprint density at radius 3 is 1.17 bits per heavy atom. The van der Waals surface area contributed by atoms with Crippen LogP contribution in [0.5, 0.6) is 0 Å². The quantitative estimate of drug-likeness (QED) is 0.0901. The zero-order valence-corrected chi connectivity index (χ0v) is 28.6. The molecule has 0 aromatic heterocycles. The Balaban J connectivity index is 2.28. The largest absolute Gasteiger partial charge is 0.500 e. The summed E-state index contributed by atoms with van der Waals surface area (Å²) in [5.41, 5.74) is -1.26. The molecule has 4 N–H and O–H groups in total. The highest BCUT2D eigenvalue weighted by molar-refractivity contribution is 6.60. The molecule has 46 heavy (non-hydrogen) atoms. The first-order valence-corrected chi connectivity index (χ1v) is 17.9. The lowest BCUT2D eigenvalue weighted by Crippen LogP contribution is -2.43. The number of rotatable bonds is 20. The average Bonchev–Trinajstić information content (AvgIpc) is 3.07. The lowest BCUT2D eigenvalue weighted by molar-refractivity contribution is 0.0682. The number of ketones is 1. The summed E-state index contributed by atoms with van der Waals surface area (Å²) in [4.78, 5) is 63.2. The SMILES string of the molecule is CO[Si](CCCNC(=O)c1cc(C(=O)c2ccc(C(=O)O)c(C(=O)NCCC[Si](OC)(OC)OC)c2)ccc1C(=O)O)(OC)OC. The fourth-order valence-corrected chi connectivity index (χ4v) is 8.05. The van der Waals surface area contributed by atoms with Crippen LogP contribution in [0.1, 0.15) is 70.2 Å². The minimum absolute atomic E-state index is 0.0471. The summed E-state index contributed by atoms with van der Waals surface area (Å²) >= 11 is 0. The number of benzene rings is 2. The standard InChI is InChI=1S/C29H40N2O13Si2/c1-39-45(40-2,41-3)15-7-13-30-26(33)23-17-19(9-11-21(23)28(35)36)25(32)20-10-12-22(29(37)38)24(18-20)27(34)31-14-8-16-46(42-4,43-5)44-6/h9-12,17-18H,7-8,13-16H2,1-6H3,(H,30,33)(H,31,34)(H,35,36)(H,37,38). The summed E-state index contributed by atoms with van der Waals surface area (Å²) in [6.07, 6.45) is 0.812. The molecule has 0 bridgehead atoms. The first-order valence-electron chi connectivity index (χ1n) is 14.0. The molecular weight excluding hydrogens is 640 g/mol. The van der Waals surface area contributed by atoms with Crippen LogP contribution in [0, 0.1) is 0 Å². The molecule has 0 unspecified atom stereocenters. The average molecular weight is 681 g/mol. The lowest BCUT2D eigenvalue weighted by atomic mass is 9.95. The molecule has 252 valence electrons. The highest BCUT2D eigenvalue weighted by atomic mass is 28.4. The fraction of sp³-hybridized carbons (Fsp3) is 0.414.